The highest BCUT2D eigenvalue weighted by Crippen LogP contribution is 2.34. The second-order valence-corrected chi connectivity index (χ2v) is 5.06. The van der Waals surface area contributed by atoms with E-state index in [0.29, 0.717) is 6.04 Å². The van der Waals surface area contributed by atoms with E-state index in [2.05, 4.69) is 30.4 Å². The molecular formula is C15H17NO. The Labute approximate surface area is 102 Å². The Morgan fingerprint density at radius 1 is 1.35 bits per heavy atom. The van der Waals surface area contributed by atoms with Crippen molar-refractivity contribution < 1.29 is 4.79 Å². The number of fused-ring (bicyclic) bond motifs is 1. The van der Waals surface area contributed by atoms with E-state index in [4.69, 9.17) is 0 Å². The number of aryl methyl sites for hydroxylation is 2. The van der Waals surface area contributed by atoms with Crippen LogP contribution < -0.4 is 5.32 Å². The number of benzene rings is 1. The number of amides is 1. The van der Waals surface area contributed by atoms with E-state index in [1.54, 1.807) is 6.08 Å². The minimum Gasteiger partial charge on any atom is -0.350 e. The van der Waals surface area contributed by atoms with Gasteiger partial charge in [-0.25, -0.2) is 0 Å². The number of hydrogen-bond donors (Lipinski definition) is 1. The Kier molecular flexibility index (Phi) is 2.50. The molecule has 2 heteroatoms. The molecule has 2 aliphatic rings. The summed E-state index contributed by atoms with van der Waals surface area (Å²) in [4.78, 5) is 11.8. The molecule has 1 fully saturated rings. The molecule has 1 amide bonds. The third-order valence-corrected chi connectivity index (χ3v) is 3.57. The summed E-state index contributed by atoms with van der Waals surface area (Å²) in [6.07, 6.45) is 6.16. The molecule has 1 saturated carbocycles. The number of carbonyl (C=O) groups excluding carboxylic acids is 1. The van der Waals surface area contributed by atoms with Crippen molar-refractivity contribution in [2.45, 2.75) is 38.6 Å². The van der Waals surface area contributed by atoms with Crippen molar-refractivity contribution in [1.29, 1.82) is 0 Å². The maximum absolute atomic E-state index is 11.8. The number of nitrogens with one attached hydrogen (secondary N) is 1. The quantitative estimate of drug-likeness (QED) is 0.773. The smallest absolute Gasteiger partial charge is 0.244 e. The van der Waals surface area contributed by atoms with Crippen molar-refractivity contribution in [2.24, 2.45) is 0 Å². The monoisotopic (exact) mass is 227 g/mol. The molecule has 1 aromatic carbocycles. The lowest BCUT2D eigenvalue weighted by molar-refractivity contribution is -0.116. The molecule has 0 heterocycles. The zero-order chi connectivity index (χ0) is 11.8. The van der Waals surface area contributed by atoms with Gasteiger partial charge in [-0.05, 0) is 54.9 Å². The largest absolute Gasteiger partial charge is 0.350 e. The number of rotatable bonds is 2. The van der Waals surface area contributed by atoms with E-state index in [9.17, 15) is 4.79 Å². The highest BCUT2D eigenvalue weighted by molar-refractivity contribution is 5.97. The summed E-state index contributed by atoms with van der Waals surface area (Å²) in [5.41, 5.74) is 5.18. The fraction of sp³-hybridized carbons (Fsp3) is 0.400. The molecule has 1 aromatic rings. The lowest BCUT2D eigenvalue weighted by atomic mass is 10.0. The molecule has 0 aliphatic heterocycles. The van der Waals surface area contributed by atoms with Gasteiger partial charge in [0.25, 0.3) is 0 Å². The molecule has 0 bridgehead atoms. The van der Waals surface area contributed by atoms with Gasteiger partial charge in [0.2, 0.25) is 5.91 Å². The Morgan fingerprint density at radius 2 is 2.18 bits per heavy atom. The predicted octanol–water partition coefficient (Wildman–Crippen LogP) is 2.60. The molecule has 1 N–H and O–H groups in total. The van der Waals surface area contributed by atoms with Gasteiger partial charge in [-0.1, -0.05) is 18.2 Å². The van der Waals surface area contributed by atoms with Gasteiger partial charge in [0, 0.05) is 12.1 Å². The standard InChI is InChI=1S/C15H17NO/c1-10-3-2-4-11-5-6-12(15(10)11)9-14(17)16-13-7-8-13/h2-4,9,13H,5-8H2,1H3,(H,16,17)/b12-9-. The van der Waals surface area contributed by atoms with E-state index < -0.39 is 0 Å². The molecule has 0 unspecified atom stereocenters. The van der Waals surface area contributed by atoms with Gasteiger partial charge < -0.3 is 5.32 Å². The van der Waals surface area contributed by atoms with E-state index >= 15 is 0 Å². The van der Waals surface area contributed by atoms with Crippen molar-refractivity contribution in [3.05, 3.63) is 41.0 Å². The number of allylic oxidation sites excluding steroid dienone is 1. The van der Waals surface area contributed by atoms with Crippen molar-refractivity contribution in [1.82, 2.24) is 5.32 Å². The third kappa shape index (κ3) is 2.12. The topological polar surface area (TPSA) is 29.1 Å². The predicted molar refractivity (Wildman–Crippen MR) is 68.6 cm³/mol. The molecule has 88 valence electrons. The van der Waals surface area contributed by atoms with E-state index in [0.717, 1.165) is 25.7 Å². The van der Waals surface area contributed by atoms with Gasteiger partial charge >= 0.3 is 0 Å². The van der Waals surface area contributed by atoms with Crippen LogP contribution in [0.15, 0.2) is 24.3 Å². The molecule has 0 spiro atoms. The molecule has 17 heavy (non-hydrogen) atoms. The highest BCUT2D eigenvalue weighted by Gasteiger charge is 2.24. The van der Waals surface area contributed by atoms with Crippen LogP contribution in [-0.4, -0.2) is 11.9 Å². The lowest BCUT2D eigenvalue weighted by Gasteiger charge is -2.05. The van der Waals surface area contributed by atoms with Crippen LogP contribution in [0.4, 0.5) is 0 Å². The second kappa shape index (κ2) is 4.02. The molecule has 0 radical (unpaired) electrons. The number of hydrogen-bond acceptors (Lipinski definition) is 1. The Bertz CT molecular complexity index is 498. The van der Waals surface area contributed by atoms with Crippen LogP contribution in [0.25, 0.3) is 5.57 Å². The van der Waals surface area contributed by atoms with Crippen LogP contribution in [0.5, 0.6) is 0 Å². The minimum absolute atomic E-state index is 0.0820. The molecule has 2 aliphatic carbocycles. The number of carbonyl (C=O) groups is 1. The first-order valence-corrected chi connectivity index (χ1v) is 6.34. The van der Waals surface area contributed by atoms with E-state index in [1.165, 1.54) is 22.3 Å². The lowest BCUT2D eigenvalue weighted by Crippen LogP contribution is -2.23. The Hall–Kier alpha value is -1.57. The van der Waals surface area contributed by atoms with Crippen LogP contribution in [0, 0.1) is 6.92 Å². The SMILES string of the molecule is Cc1cccc2c1/C(=C\C(=O)NC1CC1)CC2. The molecule has 0 saturated heterocycles. The second-order valence-electron chi connectivity index (χ2n) is 5.06. The first-order chi connectivity index (χ1) is 8.24. The molecule has 2 nitrogen and oxygen atoms in total. The van der Waals surface area contributed by atoms with Crippen molar-refractivity contribution >= 4 is 11.5 Å². The van der Waals surface area contributed by atoms with Crippen LogP contribution in [0.1, 0.15) is 36.0 Å². The zero-order valence-electron chi connectivity index (χ0n) is 10.1. The normalized spacial score (nSPS) is 20.4. The fourth-order valence-electron chi connectivity index (χ4n) is 2.56. The van der Waals surface area contributed by atoms with E-state index in [-0.39, 0.29) is 5.91 Å². The molecular weight excluding hydrogens is 210 g/mol. The third-order valence-electron chi connectivity index (χ3n) is 3.57. The zero-order valence-corrected chi connectivity index (χ0v) is 10.1. The van der Waals surface area contributed by atoms with Crippen LogP contribution in [0.2, 0.25) is 0 Å². The molecule has 0 atom stereocenters. The summed E-state index contributed by atoms with van der Waals surface area (Å²) in [6.45, 7) is 2.12. The first kappa shape index (κ1) is 10.6. The van der Waals surface area contributed by atoms with Crippen molar-refractivity contribution in [2.75, 3.05) is 0 Å². The molecule has 0 aromatic heterocycles. The summed E-state index contributed by atoms with van der Waals surface area (Å²) in [7, 11) is 0. The highest BCUT2D eigenvalue weighted by atomic mass is 16.1. The van der Waals surface area contributed by atoms with Crippen molar-refractivity contribution in [3.63, 3.8) is 0 Å². The Morgan fingerprint density at radius 3 is 2.94 bits per heavy atom. The first-order valence-electron chi connectivity index (χ1n) is 6.34. The summed E-state index contributed by atoms with van der Waals surface area (Å²) in [5.74, 6) is 0.0820. The summed E-state index contributed by atoms with van der Waals surface area (Å²) < 4.78 is 0. The Balaban J connectivity index is 1.86. The average molecular weight is 227 g/mol. The van der Waals surface area contributed by atoms with Crippen LogP contribution >= 0.6 is 0 Å². The van der Waals surface area contributed by atoms with Crippen molar-refractivity contribution in [3.8, 4) is 0 Å². The van der Waals surface area contributed by atoms with Gasteiger partial charge in [0.15, 0.2) is 0 Å². The maximum Gasteiger partial charge on any atom is 0.244 e. The summed E-state index contributed by atoms with van der Waals surface area (Å²) >= 11 is 0. The van der Waals surface area contributed by atoms with Gasteiger partial charge in [-0.3, -0.25) is 4.79 Å². The summed E-state index contributed by atoms with van der Waals surface area (Å²) in [6, 6.07) is 6.83. The molecule has 3 rings (SSSR count). The maximum atomic E-state index is 11.8. The van der Waals surface area contributed by atoms with Gasteiger partial charge in [0.05, 0.1) is 0 Å². The van der Waals surface area contributed by atoms with Gasteiger partial charge in [-0.15, -0.1) is 0 Å². The van der Waals surface area contributed by atoms with Gasteiger partial charge in [-0.2, -0.15) is 0 Å². The summed E-state index contributed by atoms with van der Waals surface area (Å²) in [5, 5.41) is 3.02. The van der Waals surface area contributed by atoms with Gasteiger partial charge in [0.1, 0.15) is 0 Å². The fourth-order valence-corrected chi connectivity index (χ4v) is 2.56. The minimum atomic E-state index is 0.0820. The van der Waals surface area contributed by atoms with Crippen LogP contribution in [-0.2, 0) is 11.2 Å². The van der Waals surface area contributed by atoms with E-state index in [1.807, 2.05) is 0 Å². The average Bonchev–Trinajstić information content (AvgIpc) is 3.00. The van der Waals surface area contributed by atoms with Crippen LogP contribution in [0.3, 0.4) is 0 Å².